The molecule has 0 heteroatoms. The van der Waals surface area contributed by atoms with E-state index in [-0.39, 0.29) is 0 Å². The third-order valence-electron chi connectivity index (χ3n) is 6.43. The SMILES string of the molecule is CC(C)C1CCCCCC1C1(C)CC(C)C1C. The molecule has 0 aromatic rings. The number of hydrogen-bond acceptors (Lipinski definition) is 0. The molecule has 0 aliphatic heterocycles. The first-order valence-electron chi connectivity index (χ1n) is 7.97. The molecular weight excluding hydrogens is 204 g/mol. The van der Waals surface area contributed by atoms with E-state index < -0.39 is 0 Å². The third kappa shape index (κ3) is 2.29. The molecule has 0 nitrogen and oxygen atoms in total. The van der Waals surface area contributed by atoms with E-state index in [1.165, 1.54) is 38.5 Å². The molecule has 0 spiro atoms. The van der Waals surface area contributed by atoms with Crippen LogP contribution in [0.4, 0.5) is 0 Å². The van der Waals surface area contributed by atoms with Crippen molar-refractivity contribution in [3.63, 3.8) is 0 Å². The fraction of sp³-hybridized carbons (Fsp3) is 1.00. The van der Waals surface area contributed by atoms with Crippen molar-refractivity contribution in [3.8, 4) is 0 Å². The Morgan fingerprint density at radius 2 is 1.65 bits per heavy atom. The summed E-state index contributed by atoms with van der Waals surface area (Å²) in [5.74, 6) is 4.81. The van der Waals surface area contributed by atoms with Crippen molar-refractivity contribution < 1.29 is 0 Å². The molecule has 5 atom stereocenters. The first kappa shape index (κ1) is 13.4. The maximum atomic E-state index is 2.60. The van der Waals surface area contributed by atoms with Gasteiger partial charge in [-0.2, -0.15) is 0 Å². The lowest BCUT2D eigenvalue weighted by atomic mass is 9.47. The lowest BCUT2D eigenvalue weighted by Gasteiger charge is -2.58. The van der Waals surface area contributed by atoms with Gasteiger partial charge in [0, 0.05) is 0 Å². The third-order valence-corrected chi connectivity index (χ3v) is 6.43. The van der Waals surface area contributed by atoms with Crippen LogP contribution in [-0.2, 0) is 0 Å². The summed E-state index contributed by atoms with van der Waals surface area (Å²) in [6, 6.07) is 0. The summed E-state index contributed by atoms with van der Waals surface area (Å²) in [5.41, 5.74) is 0.665. The molecular formula is C17H32. The van der Waals surface area contributed by atoms with E-state index in [4.69, 9.17) is 0 Å². The van der Waals surface area contributed by atoms with E-state index in [0.29, 0.717) is 5.41 Å². The molecule has 0 N–H and O–H groups in total. The van der Waals surface area contributed by atoms with Crippen molar-refractivity contribution in [3.05, 3.63) is 0 Å². The van der Waals surface area contributed by atoms with Crippen LogP contribution in [0.2, 0.25) is 0 Å². The molecule has 2 fully saturated rings. The Hall–Kier alpha value is 0. The van der Waals surface area contributed by atoms with Gasteiger partial charge in [0.25, 0.3) is 0 Å². The van der Waals surface area contributed by atoms with Gasteiger partial charge in [0.05, 0.1) is 0 Å². The summed E-state index contributed by atoms with van der Waals surface area (Å²) in [7, 11) is 0. The zero-order chi connectivity index (χ0) is 12.6. The maximum absolute atomic E-state index is 2.60. The van der Waals surface area contributed by atoms with E-state index in [1.807, 2.05) is 0 Å². The van der Waals surface area contributed by atoms with Crippen molar-refractivity contribution in [2.75, 3.05) is 0 Å². The molecule has 2 aliphatic rings. The first-order valence-corrected chi connectivity index (χ1v) is 7.97. The lowest BCUT2D eigenvalue weighted by molar-refractivity contribution is -0.0878. The van der Waals surface area contributed by atoms with Gasteiger partial charge in [0.2, 0.25) is 0 Å². The minimum atomic E-state index is 0.665. The molecule has 100 valence electrons. The van der Waals surface area contributed by atoms with E-state index in [1.54, 1.807) is 0 Å². The molecule has 0 heterocycles. The highest BCUT2D eigenvalue weighted by Gasteiger charge is 2.52. The van der Waals surface area contributed by atoms with Crippen molar-refractivity contribution in [2.24, 2.45) is 35.0 Å². The van der Waals surface area contributed by atoms with Crippen LogP contribution in [0.5, 0.6) is 0 Å². The molecule has 0 saturated heterocycles. The Morgan fingerprint density at radius 1 is 1.00 bits per heavy atom. The van der Waals surface area contributed by atoms with Crippen LogP contribution in [0.15, 0.2) is 0 Å². The minimum absolute atomic E-state index is 0.665. The summed E-state index contributed by atoms with van der Waals surface area (Å²) in [6.45, 7) is 12.5. The highest BCUT2D eigenvalue weighted by atomic mass is 14.6. The van der Waals surface area contributed by atoms with Gasteiger partial charge in [-0.25, -0.2) is 0 Å². The summed E-state index contributed by atoms with van der Waals surface area (Å²) in [6.07, 6.45) is 8.96. The Bertz CT molecular complexity index is 255. The van der Waals surface area contributed by atoms with E-state index >= 15 is 0 Å². The Morgan fingerprint density at radius 3 is 2.18 bits per heavy atom. The van der Waals surface area contributed by atoms with Crippen molar-refractivity contribution >= 4 is 0 Å². The van der Waals surface area contributed by atoms with Gasteiger partial charge in [-0.1, -0.05) is 53.9 Å². The monoisotopic (exact) mass is 236 g/mol. The molecule has 0 aromatic carbocycles. The second-order valence-corrected chi connectivity index (χ2v) is 7.63. The summed E-state index contributed by atoms with van der Waals surface area (Å²) in [4.78, 5) is 0. The van der Waals surface area contributed by atoms with E-state index in [0.717, 1.165) is 29.6 Å². The van der Waals surface area contributed by atoms with Gasteiger partial charge < -0.3 is 0 Å². The van der Waals surface area contributed by atoms with Crippen LogP contribution >= 0.6 is 0 Å². The summed E-state index contributed by atoms with van der Waals surface area (Å²) < 4.78 is 0. The van der Waals surface area contributed by atoms with Crippen molar-refractivity contribution in [1.29, 1.82) is 0 Å². The Balaban J connectivity index is 2.15. The fourth-order valence-electron chi connectivity index (χ4n) is 4.99. The van der Waals surface area contributed by atoms with Gasteiger partial charge in [0.15, 0.2) is 0 Å². The minimum Gasteiger partial charge on any atom is -0.0625 e. The van der Waals surface area contributed by atoms with Crippen molar-refractivity contribution in [2.45, 2.75) is 73.1 Å². The second kappa shape index (κ2) is 4.94. The van der Waals surface area contributed by atoms with Crippen LogP contribution in [0.25, 0.3) is 0 Å². The number of hydrogen-bond donors (Lipinski definition) is 0. The van der Waals surface area contributed by atoms with Crippen LogP contribution < -0.4 is 0 Å². The van der Waals surface area contributed by atoms with E-state index in [2.05, 4.69) is 34.6 Å². The Kier molecular flexibility index (Phi) is 3.90. The molecule has 0 aromatic heterocycles. The van der Waals surface area contributed by atoms with Gasteiger partial charge in [0.1, 0.15) is 0 Å². The second-order valence-electron chi connectivity index (χ2n) is 7.63. The average molecular weight is 236 g/mol. The van der Waals surface area contributed by atoms with Gasteiger partial charge in [-0.3, -0.25) is 0 Å². The first-order chi connectivity index (χ1) is 7.97. The maximum Gasteiger partial charge on any atom is -0.0264 e. The molecule has 2 saturated carbocycles. The molecule has 2 rings (SSSR count). The van der Waals surface area contributed by atoms with Crippen LogP contribution in [0, 0.1) is 35.0 Å². The van der Waals surface area contributed by atoms with Crippen LogP contribution in [0.3, 0.4) is 0 Å². The highest BCUT2D eigenvalue weighted by molar-refractivity contribution is 5.01. The smallest absolute Gasteiger partial charge is 0.0264 e. The van der Waals surface area contributed by atoms with Gasteiger partial charge in [-0.05, 0) is 54.3 Å². The van der Waals surface area contributed by atoms with Crippen LogP contribution in [0.1, 0.15) is 73.1 Å². The highest BCUT2D eigenvalue weighted by Crippen LogP contribution is 2.60. The molecule has 17 heavy (non-hydrogen) atoms. The predicted molar refractivity (Wildman–Crippen MR) is 76.0 cm³/mol. The standard InChI is InChI=1S/C17H32/c1-12(2)15-9-7-6-8-10-16(15)17(5)11-13(3)14(17)4/h12-16H,6-11H2,1-5H3. The molecule has 0 bridgehead atoms. The van der Waals surface area contributed by atoms with Crippen LogP contribution in [-0.4, -0.2) is 0 Å². The largest absolute Gasteiger partial charge is 0.0625 e. The summed E-state index contributed by atoms with van der Waals surface area (Å²) in [5, 5.41) is 0. The van der Waals surface area contributed by atoms with E-state index in [9.17, 15) is 0 Å². The fourth-order valence-corrected chi connectivity index (χ4v) is 4.99. The molecule has 2 aliphatic carbocycles. The molecule has 0 radical (unpaired) electrons. The van der Waals surface area contributed by atoms with Crippen molar-refractivity contribution in [1.82, 2.24) is 0 Å². The zero-order valence-electron chi connectivity index (χ0n) is 12.6. The summed E-state index contributed by atoms with van der Waals surface area (Å²) >= 11 is 0. The number of rotatable bonds is 2. The molecule has 0 amide bonds. The average Bonchev–Trinajstić information content (AvgIpc) is 2.53. The lowest BCUT2D eigenvalue weighted by Crippen LogP contribution is -2.50. The predicted octanol–water partition coefficient (Wildman–Crippen LogP) is 5.52. The van der Waals surface area contributed by atoms with Gasteiger partial charge in [-0.15, -0.1) is 0 Å². The topological polar surface area (TPSA) is 0 Å². The zero-order valence-corrected chi connectivity index (χ0v) is 12.6. The Labute approximate surface area is 109 Å². The molecule has 5 unspecified atom stereocenters. The quantitative estimate of drug-likeness (QED) is 0.554. The normalized spacial score (nSPS) is 47.6. The van der Waals surface area contributed by atoms with Gasteiger partial charge >= 0.3 is 0 Å².